The molecule has 0 spiro atoms. The van der Waals surface area contributed by atoms with Gasteiger partial charge in [0.2, 0.25) is 10.9 Å². The summed E-state index contributed by atoms with van der Waals surface area (Å²) in [5.74, 6) is -1.11. The second kappa shape index (κ2) is 8.42. The molecule has 0 saturated carbocycles. The van der Waals surface area contributed by atoms with Crippen molar-refractivity contribution in [1.29, 1.82) is 0 Å². The van der Waals surface area contributed by atoms with Crippen molar-refractivity contribution >= 4 is 16.0 Å². The van der Waals surface area contributed by atoms with Gasteiger partial charge < -0.3 is 9.15 Å². The van der Waals surface area contributed by atoms with E-state index < -0.39 is 16.0 Å². The van der Waals surface area contributed by atoms with Gasteiger partial charge in [0.15, 0.2) is 0 Å². The van der Waals surface area contributed by atoms with Crippen LogP contribution in [0.5, 0.6) is 0 Å². The van der Waals surface area contributed by atoms with Crippen LogP contribution in [0.2, 0.25) is 0 Å². The molecular formula is C19H23FN2O5S. The molecule has 0 radical (unpaired) electrons. The fraction of sp³-hybridized carbons (Fsp3) is 0.421. The van der Waals surface area contributed by atoms with Gasteiger partial charge in [0, 0.05) is 32.2 Å². The lowest BCUT2D eigenvalue weighted by Crippen LogP contribution is -2.49. The topological polar surface area (TPSA) is 80.1 Å². The SMILES string of the molecule is CCOC(=O)c1ccc(S(=O)(=O)N2CCN(C(C)c3ccc(F)cc3)CC2)o1. The molecule has 1 aromatic carbocycles. The van der Waals surface area contributed by atoms with Gasteiger partial charge in [-0.25, -0.2) is 17.6 Å². The van der Waals surface area contributed by atoms with Crippen molar-refractivity contribution in [2.75, 3.05) is 32.8 Å². The molecule has 1 aliphatic heterocycles. The average molecular weight is 410 g/mol. The highest BCUT2D eigenvalue weighted by atomic mass is 32.2. The molecule has 152 valence electrons. The summed E-state index contributed by atoms with van der Waals surface area (Å²) in [7, 11) is -3.83. The Morgan fingerprint density at radius 2 is 1.79 bits per heavy atom. The zero-order valence-corrected chi connectivity index (χ0v) is 16.6. The highest BCUT2D eigenvalue weighted by molar-refractivity contribution is 7.89. The van der Waals surface area contributed by atoms with E-state index in [4.69, 9.17) is 9.15 Å². The summed E-state index contributed by atoms with van der Waals surface area (Å²) in [6.45, 7) is 5.50. The molecule has 7 nitrogen and oxygen atoms in total. The molecule has 3 rings (SSSR count). The first-order valence-corrected chi connectivity index (χ1v) is 10.5. The molecule has 1 atom stereocenters. The second-order valence-corrected chi connectivity index (χ2v) is 8.38. The third-order valence-electron chi connectivity index (χ3n) is 4.83. The Morgan fingerprint density at radius 1 is 1.14 bits per heavy atom. The van der Waals surface area contributed by atoms with Gasteiger partial charge in [-0.3, -0.25) is 4.90 Å². The summed E-state index contributed by atoms with van der Waals surface area (Å²) >= 11 is 0. The van der Waals surface area contributed by atoms with E-state index in [0.29, 0.717) is 26.2 Å². The van der Waals surface area contributed by atoms with Crippen LogP contribution in [0.4, 0.5) is 4.39 Å². The zero-order chi connectivity index (χ0) is 20.3. The minimum Gasteiger partial charge on any atom is -0.460 e. The highest BCUT2D eigenvalue weighted by Gasteiger charge is 2.33. The minimum atomic E-state index is -3.83. The van der Waals surface area contributed by atoms with Crippen LogP contribution < -0.4 is 0 Å². The number of nitrogens with zero attached hydrogens (tertiary/aromatic N) is 2. The summed E-state index contributed by atoms with van der Waals surface area (Å²) in [5.41, 5.74) is 0.975. The summed E-state index contributed by atoms with van der Waals surface area (Å²) < 4.78 is 50.1. The van der Waals surface area contributed by atoms with E-state index in [1.807, 2.05) is 6.92 Å². The third kappa shape index (κ3) is 4.26. The van der Waals surface area contributed by atoms with E-state index >= 15 is 0 Å². The lowest BCUT2D eigenvalue weighted by Gasteiger charge is -2.37. The molecule has 2 heterocycles. The number of hydrogen-bond acceptors (Lipinski definition) is 6. The van der Waals surface area contributed by atoms with Crippen molar-refractivity contribution in [2.45, 2.75) is 25.0 Å². The largest absolute Gasteiger partial charge is 0.460 e. The van der Waals surface area contributed by atoms with E-state index in [2.05, 4.69) is 4.90 Å². The molecule has 1 unspecified atom stereocenters. The first-order chi connectivity index (χ1) is 13.3. The molecule has 28 heavy (non-hydrogen) atoms. The number of benzene rings is 1. The lowest BCUT2D eigenvalue weighted by molar-refractivity contribution is 0.0483. The fourth-order valence-electron chi connectivity index (χ4n) is 3.18. The summed E-state index contributed by atoms with van der Waals surface area (Å²) in [5, 5.41) is -0.268. The molecule has 1 aliphatic rings. The Hall–Kier alpha value is -2.23. The summed E-state index contributed by atoms with van der Waals surface area (Å²) in [6, 6.07) is 8.94. The van der Waals surface area contributed by atoms with E-state index in [9.17, 15) is 17.6 Å². The van der Waals surface area contributed by atoms with Crippen molar-refractivity contribution in [1.82, 2.24) is 9.21 Å². The van der Waals surface area contributed by atoms with Gasteiger partial charge in [-0.05, 0) is 43.7 Å². The average Bonchev–Trinajstić information content (AvgIpc) is 3.20. The quantitative estimate of drug-likeness (QED) is 0.681. The van der Waals surface area contributed by atoms with Crippen LogP contribution in [0.15, 0.2) is 45.9 Å². The molecule has 0 N–H and O–H groups in total. The van der Waals surface area contributed by atoms with Crippen molar-refractivity contribution in [2.24, 2.45) is 0 Å². The normalized spacial score (nSPS) is 17.4. The smallest absolute Gasteiger partial charge is 0.374 e. The number of piperazine rings is 1. The fourth-order valence-corrected chi connectivity index (χ4v) is 4.51. The van der Waals surface area contributed by atoms with Crippen LogP contribution in [0.1, 0.15) is 36.0 Å². The Kier molecular flexibility index (Phi) is 6.17. The number of carbonyl (C=O) groups is 1. The number of esters is 1. The predicted molar refractivity (Wildman–Crippen MR) is 99.8 cm³/mol. The molecule has 1 aromatic heterocycles. The Morgan fingerprint density at radius 3 is 2.39 bits per heavy atom. The molecule has 0 aliphatic carbocycles. The first-order valence-electron chi connectivity index (χ1n) is 9.09. The van der Waals surface area contributed by atoms with Gasteiger partial charge in [0.1, 0.15) is 5.82 Å². The van der Waals surface area contributed by atoms with Gasteiger partial charge in [-0.15, -0.1) is 0 Å². The van der Waals surface area contributed by atoms with Crippen LogP contribution >= 0.6 is 0 Å². The number of rotatable bonds is 6. The van der Waals surface area contributed by atoms with Crippen molar-refractivity contribution in [3.8, 4) is 0 Å². The molecule has 0 bridgehead atoms. The first kappa shape index (κ1) is 20.5. The molecule has 2 aromatic rings. The van der Waals surface area contributed by atoms with Crippen molar-refractivity contribution in [3.05, 3.63) is 53.5 Å². The van der Waals surface area contributed by atoms with Gasteiger partial charge in [-0.2, -0.15) is 4.31 Å². The summed E-state index contributed by atoms with van der Waals surface area (Å²) in [4.78, 5) is 13.8. The van der Waals surface area contributed by atoms with E-state index in [-0.39, 0.29) is 29.3 Å². The Labute approximate surface area is 163 Å². The van der Waals surface area contributed by atoms with Crippen molar-refractivity contribution in [3.63, 3.8) is 0 Å². The van der Waals surface area contributed by atoms with Crippen LogP contribution in [0.3, 0.4) is 0 Å². The maximum Gasteiger partial charge on any atom is 0.374 e. The van der Waals surface area contributed by atoms with E-state index in [0.717, 1.165) is 5.56 Å². The molecule has 0 amide bonds. The van der Waals surface area contributed by atoms with Crippen molar-refractivity contribution < 1.29 is 26.8 Å². The molecule has 1 fully saturated rings. The summed E-state index contributed by atoms with van der Waals surface area (Å²) in [6.07, 6.45) is 0. The van der Waals surface area contributed by atoms with Crippen LogP contribution in [-0.4, -0.2) is 56.4 Å². The molecule has 9 heteroatoms. The van der Waals surface area contributed by atoms with E-state index in [1.54, 1.807) is 19.1 Å². The maximum absolute atomic E-state index is 13.1. The number of ether oxygens (including phenoxy) is 1. The molecular weight excluding hydrogens is 387 g/mol. The maximum atomic E-state index is 13.1. The Bertz CT molecular complexity index is 918. The number of furan rings is 1. The number of hydrogen-bond donors (Lipinski definition) is 0. The predicted octanol–water partition coefficient (Wildman–Crippen LogP) is 2.66. The van der Waals surface area contributed by atoms with Gasteiger partial charge in [0.05, 0.1) is 6.61 Å². The number of sulfonamides is 1. The zero-order valence-electron chi connectivity index (χ0n) is 15.8. The lowest BCUT2D eigenvalue weighted by atomic mass is 10.1. The van der Waals surface area contributed by atoms with E-state index in [1.165, 1.54) is 28.6 Å². The monoisotopic (exact) mass is 410 g/mol. The standard InChI is InChI=1S/C19H23FN2O5S/c1-3-26-19(23)17-8-9-18(27-17)28(24,25)22-12-10-21(11-13-22)14(2)15-4-6-16(20)7-5-15/h4-9,14H,3,10-13H2,1-2H3. The minimum absolute atomic E-state index is 0.0458. The van der Waals surface area contributed by atoms with Gasteiger partial charge in [0.25, 0.3) is 10.0 Å². The Balaban J connectivity index is 1.65. The number of halogens is 1. The third-order valence-corrected chi connectivity index (χ3v) is 6.60. The van der Waals surface area contributed by atoms with Crippen LogP contribution in [0.25, 0.3) is 0 Å². The van der Waals surface area contributed by atoms with Crippen LogP contribution in [0, 0.1) is 5.82 Å². The van der Waals surface area contributed by atoms with Gasteiger partial charge in [-0.1, -0.05) is 12.1 Å². The second-order valence-electron chi connectivity index (χ2n) is 6.51. The molecule has 1 saturated heterocycles. The number of carbonyl (C=O) groups excluding carboxylic acids is 1. The van der Waals surface area contributed by atoms with Crippen LogP contribution in [-0.2, 0) is 14.8 Å². The van der Waals surface area contributed by atoms with Gasteiger partial charge >= 0.3 is 5.97 Å². The highest BCUT2D eigenvalue weighted by Crippen LogP contribution is 2.25.